The monoisotopic (exact) mass is 286 g/mol. The Morgan fingerprint density at radius 1 is 1.33 bits per heavy atom. The van der Waals surface area contributed by atoms with Crippen molar-refractivity contribution >= 4 is 11.6 Å². The largest absolute Gasteiger partial charge is 0.369 e. The third kappa shape index (κ3) is 3.01. The van der Waals surface area contributed by atoms with E-state index < -0.39 is 0 Å². The fourth-order valence-corrected chi connectivity index (χ4v) is 2.25. The van der Waals surface area contributed by atoms with E-state index in [0.29, 0.717) is 11.7 Å². The van der Waals surface area contributed by atoms with Gasteiger partial charge in [0.05, 0.1) is 12.0 Å². The highest BCUT2D eigenvalue weighted by Gasteiger charge is 2.27. The van der Waals surface area contributed by atoms with Crippen molar-refractivity contribution < 1.29 is 0 Å². The first kappa shape index (κ1) is 13.5. The number of hydrogen-bond donors (Lipinski definition) is 1. The van der Waals surface area contributed by atoms with E-state index in [2.05, 4.69) is 25.4 Å². The minimum atomic E-state index is -0.0577. The maximum atomic E-state index is 11.5. The second-order valence-electron chi connectivity index (χ2n) is 5.41. The van der Waals surface area contributed by atoms with Gasteiger partial charge >= 0.3 is 0 Å². The summed E-state index contributed by atoms with van der Waals surface area (Å²) in [4.78, 5) is 17.9. The zero-order valence-electron chi connectivity index (χ0n) is 12.2. The van der Waals surface area contributed by atoms with Crippen LogP contribution in [-0.2, 0) is 7.05 Å². The fourth-order valence-electron chi connectivity index (χ4n) is 2.25. The predicted molar refractivity (Wildman–Crippen MR) is 80.4 cm³/mol. The minimum Gasteiger partial charge on any atom is -0.369 e. The van der Waals surface area contributed by atoms with Crippen LogP contribution in [-0.4, -0.2) is 39.4 Å². The molecule has 0 aromatic carbocycles. The van der Waals surface area contributed by atoms with E-state index in [9.17, 15) is 4.79 Å². The molecular formula is C14H18N6O. The van der Waals surface area contributed by atoms with Gasteiger partial charge in [-0.25, -0.2) is 4.98 Å². The topological polar surface area (TPSA) is 75.9 Å². The Kier molecular flexibility index (Phi) is 3.55. The molecule has 0 radical (unpaired) electrons. The molecule has 1 N–H and O–H groups in total. The summed E-state index contributed by atoms with van der Waals surface area (Å²) >= 11 is 0. The van der Waals surface area contributed by atoms with Crippen LogP contribution in [0.4, 0.5) is 11.6 Å². The Labute approximate surface area is 122 Å². The molecule has 21 heavy (non-hydrogen) atoms. The Morgan fingerprint density at radius 3 is 2.81 bits per heavy atom. The number of rotatable bonds is 4. The molecule has 3 heterocycles. The summed E-state index contributed by atoms with van der Waals surface area (Å²) in [5.74, 6) is 2.08. The predicted octanol–water partition coefficient (Wildman–Crippen LogP) is 0.427. The fraction of sp³-hybridized carbons (Fsp3) is 0.429. The molecule has 0 bridgehead atoms. The highest BCUT2D eigenvalue weighted by molar-refractivity contribution is 5.41. The smallest absolute Gasteiger partial charge is 0.255 e. The lowest BCUT2D eigenvalue weighted by molar-refractivity contribution is 0.425. The van der Waals surface area contributed by atoms with Crippen molar-refractivity contribution in [2.24, 2.45) is 13.0 Å². The van der Waals surface area contributed by atoms with E-state index in [-0.39, 0.29) is 5.56 Å². The molecule has 7 nitrogen and oxygen atoms in total. The summed E-state index contributed by atoms with van der Waals surface area (Å²) < 4.78 is 1.45. The number of hydrogen-bond acceptors (Lipinski definition) is 6. The van der Waals surface area contributed by atoms with Crippen LogP contribution in [0.1, 0.15) is 5.69 Å². The van der Waals surface area contributed by atoms with Crippen LogP contribution in [0.5, 0.6) is 0 Å². The first-order valence-electron chi connectivity index (χ1n) is 6.93. The molecule has 1 saturated heterocycles. The van der Waals surface area contributed by atoms with E-state index in [1.807, 2.05) is 19.1 Å². The van der Waals surface area contributed by atoms with E-state index >= 15 is 0 Å². The molecule has 0 saturated carbocycles. The summed E-state index contributed by atoms with van der Waals surface area (Å²) in [6.45, 7) is 4.61. The lowest BCUT2D eigenvalue weighted by Crippen LogP contribution is -2.50. The number of nitrogens with one attached hydrogen (secondary N) is 1. The van der Waals surface area contributed by atoms with Crippen molar-refractivity contribution in [1.29, 1.82) is 0 Å². The molecule has 110 valence electrons. The maximum absolute atomic E-state index is 11.5. The van der Waals surface area contributed by atoms with E-state index in [4.69, 9.17) is 0 Å². The van der Waals surface area contributed by atoms with Gasteiger partial charge in [-0.15, -0.1) is 5.10 Å². The molecule has 1 aliphatic heterocycles. The van der Waals surface area contributed by atoms with Crippen LogP contribution in [0.25, 0.3) is 0 Å². The van der Waals surface area contributed by atoms with Gasteiger partial charge in [-0.05, 0) is 19.1 Å². The molecule has 7 heteroatoms. The quantitative estimate of drug-likeness (QED) is 0.878. The Bertz CT molecular complexity index is 675. The van der Waals surface area contributed by atoms with Gasteiger partial charge in [0.15, 0.2) is 5.82 Å². The van der Waals surface area contributed by atoms with Crippen LogP contribution in [0.2, 0.25) is 0 Å². The van der Waals surface area contributed by atoms with Crippen molar-refractivity contribution in [2.45, 2.75) is 6.92 Å². The minimum absolute atomic E-state index is 0.0577. The zero-order valence-corrected chi connectivity index (χ0v) is 12.2. The first-order valence-corrected chi connectivity index (χ1v) is 6.93. The van der Waals surface area contributed by atoms with Crippen molar-refractivity contribution in [3.05, 3.63) is 40.6 Å². The maximum Gasteiger partial charge on any atom is 0.255 e. The molecule has 1 aliphatic rings. The normalized spacial score (nSPS) is 14.9. The Balaban J connectivity index is 1.49. The number of nitrogens with zero attached hydrogens (tertiary/aromatic N) is 5. The van der Waals surface area contributed by atoms with E-state index in [1.165, 1.54) is 17.0 Å². The molecule has 0 atom stereocenters. The molecule has 0 amide bonds. The standard InChI is InChI=1S/C14H18N6O/c1-10-3-4-13(18-17-10)20-7-11(8-20)6-15-12-5-14(21)19(2)9-16-12/h3-5,9,11,15H,6-8H2,1-2H3. The van der Waals surface area contributed by atoms with Gasteiger partial charge in [0.2, 0.25) is 0 Å². The molecule has 1 fully saturated rings. The van der Waals surface area contributed by atoms with E-state index in [0.717, 1.165) is 31.1 Å². The third-order valence-corrected chi connectivity index (χ3v) is 3.61. The van der Waals surface area contributed by atoms with Crippen LogP contribution in [0.3, 0.4) is 0 Å². The average Bonchev–Trinajstić information content (AvgIpc) is 2.43. The molecular weight excluding hydrogens is 268 g/mol. The Hall–Kier alpha value is -2.44. The van der Waals surface area contributed by atoms with Gasteiger partial charge in [0.25, 0.3) is 5.56 Å². The van der Waals surface area contributed by atoms with Gasteiger partial charge in [-0.3, -0.25) is 4.79 Å². The summed E-state index contributed by atoms with van der Waals surface area (Å²) in [5.41, 5.74) is 0.867. The Morgan fingerprint density at radius 2 is 2.14 bits per heavy atom. The third-order valence-electron chi connectivity index (χ3n) is 3.61. The molecule has 0 spiro atoms. The van der Waals surface area contributed by atoms with Gasteiger partial charge in [-0.2, -0.15) is 5.10 Å². The van der Waals surface area contributed by atoms with Crippen LogP contribution < -0.4 is 15.8 Å². The number of aryl methyl sites for hydroxylation is 2. The van der Waals surface area contributed by atoms with Crippen molar-refractivity contribution in [3.63, 3.8) is 0 Å². The lowest BCUT2D eigenvalue weighted by atomic mass is 10.0. The average molecular weight is 286 g/mol. The highest BCUT2D eigenvalue weighted by atomic mass is 16.1. The van der Waals surface area contributed by atoms with Gasteiger partial charge in [0, 0.05) is 38.7 Å². The molecule has 3 rings (SSSR count). The van der Waals surface area contributed by atoms with Gasteiger partial charge in [0.1, 0.15) is 5.82 Å². The van der Waals surface area contributed by atoms with Crippen LogP contribution in [0.15, 0.2) is 29.3 Å². The van der Waals surface area contributed by atoms with Crippen molar-refractivity contribution in [3.8, 4) is 0 Å². The van der Waals surface area contributed by atoms with Crippen LogP contribution >= 0.6 is 0 Å². The molecule has 0 aliphatic carbocycles. The second kappa shape index (κ2) is 5.51. The second-order valence-corrected chi connectivity index (χ2v) is 5.41. The summed E-state index contributed by atoms with van der Waals surface area (Å²) in [6, 6.07) is 5.48. The SMILES string of the molecule is Cc1ccc(N2CC(CNc3cc(=O)n(C)cn3)C2)nn1. The summed E-state index contributed by atoms with van der Waals surface area (Å²) in [7, 11) is 1.69. The van der Waals surface area contributed by atoms with Crippen molar-refractivity contribution in [2.75, 3.05) is 29.9 Å². The zero-order chi connectivity index (χ0) is 14.8. The van der Waals surface area contributed by atoms with E-state index in [1.54, 1.807) is 7.05 Å². The number of anilines is 2. The summed E-state index contributed by atoms with van der Waals surface area (Å²) in [6.07, 6.45) is 1.53. The van der Waals surface area contributed by atoms with Crippen molar-refractivity contribution in [1.82, 2.24) is 19.7 Å². The molecule has 2 aromatic heterocycles. The van der Waals surface area contributed by atoms with Crippen LogP contribution in [0, 0.1) is 12.8 Å². The number of aromatic nitrogens is 4. The summed E-state index contributed by atoms with van der Waals surface area (Å²) in [5, 5.41) is 11.4. The molecule has 0 unspecified atom stereocenters. The molecule has 2 aromatic rings. The first-order chi connectivity index (χ1) is 10.1. The highest BCUT2D eigenvalue weighted by Crippen LogP contribution is 2.22. The van der Waals surface area contributed by atoms with Gasteiger partial charge < -0.3 is 14.8 Å². The lowest BCUT2D eigenvalue weighted by Gasteiger charge is -2.40. The van der Waals surface area contributed by atoms with Gasteiger partial charge in [-0.1, -0.05) is 0 Å².